The van der Waals surface area contributed by atoms with Crippen LogP contribution in [0.3, 0.4) is 0 Å². The smallest absolute Gasteiger partial charge is 0.229 e. The molecule has 0 atom stereocenters. The Kier molecular flexibility index (Phi) is 10.4. The second-order valence-corrected chi connectivity index (χ2v) is 12.6. The molecule has 4 aromatic carbocycles. The van der Waals surface area contributed by atoms with Crippen molar-refractivity contribution < 1.29 is 9.47 Å². The molecule has 5 aromatic heterocycles. The summed E-state index contributed by atoms with van der Waals surface area (Å²) >= 11 is 0. The van der Waals surface area contributed by atoms with E-state index in [1.165, 1.54) is 0 Å². The summed E-state index contributed by atoms with van der Waals surface area (Å²) in [5.74, 6) is 3.30. The van der Waals surface area contributed by atoms with Crippen molar-refractivity contribution in [1.29, 1.82) is 0 Å². The lowest BCUT2D eigenvalue weighted by atomic mass is 10.2. The average molecular weight is 756 g/mol. The number of nitrogens with two attached hydrogens (primary N) is 1. The first-order chi connectivity index (χ1) is 28.0. The second-order valence-electron chi connectivity index (χ2n) is 12.6. The summed E-state index contributed by atoms with van der Waals surface area (Å²) in [4.78, 5) is 22.3. The van der Waals surface area contributed by atoms with Crippen LogP contribution in [0.5, 0.6) is 11.5 Å². The van der Waals surface area contributed by atoms with Crippen LogP contribution in [0.4, 0.5) is 28.8 Å². The molecule has 0 saturated carbocycles. The van der Waals surface area contributed by atoms with Crippen LogP contribution < -0.4 is 25.8 Å². The third-order valence-electron chi connectivity index (χ3n) is 8.74. The first-order valence-electron chi connectivity index (χ1n) is 17.8. The van der Waals surface area contributed by atoms with Gasteiger partial charge in [-0.3, -0.25) is 4.57 Å². The molecule has 4 N–H and O–H groups in total. The summed E-state index contributed by atoms with van der Waals surface area (Å²) in [6, 6.07) is 35.1. The van der Waals surface area contributed by atoms with Crippen LogP contribution in [0.15, 0.2) is 153 Å². The number of aromatic nitrogens is 10. The molecule has 9 rings (SSSR count). The van der Waals surface area contributed by atoms with Crippen LogP contribution >= 0.6 is 0 Å². The highest BCUT2D eigenvalue weighted by Gasteiger charge is 2.11. The number of nitrogen functional groups attached to an aromatic ring is 1. The third kappa shape index (κ3) is 8.52. The van der Waals surface area contributed by atoms with E-state index in [0.717, 1.165) is 45.5 Å². The molecule has 57 heavy (non-hydrogen) atoms. The first-order valence-corrected chi connectivity index (χ1v) is 17.8. The van der Waals surface area contributed by atoms with E-state index < -0.39 is 0 Å². The minimum absolute atomic E-state index is 0.473. The van der Waals surface area contributed by atoms with E-state index >= 15 is 0 Å². The van der Waals surface area contributed by atoms with Crippen molar-refractivity contribution in [2.24, 2.45) is 0 Å². The summed E-state index contributed by atoms with van der Waals surface area (Å²) in [7, 11) is 3.28. The SMILES string of the molecule is COc1ccc(-n2cnc3cnc(Nc4cnn(-c5ccccc5)c4)nc32)cc1.COc1ccc(Nc2nc(Cc3cnn(-c4ccccc4)c3)ncc2N)cc1. The van der Waals surface area contributed by atoms with Gasteiger partial charge in [-0.25, -0.2) is 29.3 Å². The Hall–Kier alpha value is -8.07. The number of hydrogen-bond donors (Lipinski definition) is 3. The fourth-order valence-corrected chi connectivity index (χ4v) is 5.82. The number of imidazole rings is 1. The van der Waals surface area contributed by atoms with Gasteiger partial charge in [0.05, 0.1) is 68.0 Å². The molecular weight excluding hydrogens is 719 g/mol. The molecule has 0 unspecified atom stereocenters. The lowest BCUT2D eigenvalue weighted by Crippen LogP contribution is -2.04. The Balaban J connectivity index is 0.000000160. The minimum Gasteiger partial charge on any atom is -0.497 e. The van der Waals surface area contributed by atoms with Crippen LogP contribution in [0.25, 0.3) is 28.2 Å². The van der Waals surface area contributed by atoms with Gasteiger partial charge in [0.15, 0.2) is 11.5 Å². The molecule has 0 amide bonds. The van der Waals surface area contributed by atoms with Crippen LogP contribution in [-0.4, -0.2) is 63.3 Å². The quantitative estimate of drug-likeness (QED) is 0.120. The number of anilines is 5. The zero-order chi connectivity index (χ0) is 39.0. The van der Waals surface area contributed by atoms with Crippen molar-refractivity contribution >= 4 is 40.0 Å². The molecule has 0 bridgehead atoms. The number of ether oxygens (including phenoxy) is 2. The topological polar surface area (TPSA) is 174 Å². The molecule has 0 aliphatic carbocycles. The number of nitrogens with one attached hydrogen (secondary N) is 2. The van der Waals surface area contributed by atoms with Crippen molar-refractivity contribution in [2.75, 3.05) is 30.6 Å². The number of rotatable bonds is 11. The molecule has 15 nitrogen and oxygen atoms in total. The number of nitrogens with zero attached hydrogens (tertiary/aromatic N) is 10. The fraction of sp³-hybridized carbons (Fsp3) is 0.0714. The van der Waals surface area contributed by atoms with Crippen molar-refractivity contribution in [2.45, 2.75) is 6.42 Å². The van der Waals surface area contributed by atoms with Gasteiger partial charge >= 0.3 is 0 Å². The maximum absolute atomic E-state index is 6.04. The van der Waals surface area contributed by atoms with Crippen LogP contribution in [0.2, 0.25) is 0 Å². The van der Waals surface area contributed by atoms with Gasteiger partial charge in [-0.15, -0.1) is 0 Å². The molecule has 5 heterocycles. The Morgan fingerprint density at radius 1 is 0.596 bits per heavy atom. The summed E-state index contributed by atoms with van der Waals surface area (Å²) in [5, 5.41) is 15.2. The Labute approximate surface area is 327 Å². The molecule has 15 heteroatoms. The van der Waals surface area contributed by atoms with E-state index in [0.29, 0.717) is 40.9 Å². The zero-order valence-electron chi connectivity index (χ0n) is 31.0. The first kappa shape index (κ1) is 35.9. The van der Waals surface area contributed by atoms with E-state index in [2.05, 4.69) is 45.8 Å². The Morgan fingerprint density at radius 3 is 1.93 bits per heavy atom. The summed E-state index contributed by atoms with van der Waals surface area (Å²) in [6.45, 7) is 0. The molecule has 0 fully saturated rings. The highest BCUT2D eigenvalue weighted by atomic mass is 16.5. The van der Waals surface area contributed by atoms with Gasteiger partial charge in [0.2, 0.25) is 5.95 Å². The highest BCUT2D eigenvalue weighted by molar-refractivity contribution is 5.74. The largest absolute Gasteiger partial charge is 0.497 e. The number of benzene rings is 4. The lowest BCUT2D eigenvalue weighted by Gasteiger charge is -2.10. The van der Waals surface area contributed by atoms with Crippen molar-refractivity contribution in [1.82, 2.24) is 49.0 Å². The maximum Gasteiger partial charge on any atom is 0.229 e. The summed E-state index contributed by atoms with van der Waals surface area (Å²) in [6.07, 6.45) is 13.0. The van der Waals surface area contributed by atoms with Crippen molar-refractivity contribution in [3.8, 4) is 28.6 Å². The van der Waals surface area contributed by atoms with E-state index in [9.17, 15) is 0 Å². The van der Waals surface area contributed by atoms with Gasteiger partial charge in [-0.2, -0.15) is 15.2 Å². The molecule has 0 aliphatic rings. The molecule has 0 spiro atoms. The standard InChI is InChI=1S/C21H17N7O.C21H20N6O/c1-29-18-9-7-16(8-10-18)27-14-23-19-12-22-21(26-20(19)27)25-15-11-24-28(13-15)17-5-3-2-4-6-17;1-28-18-9-7-16(8-10-18)25-21-19(22)13-23-20(26-21)11-15-12-24-27(14-15)17-5-3-2-4-6-17/h2-14H,1H3,(H,22,25,26);2-10,12-14H,11,22H2,1H3,(H,23,25,26). The van der Waals surface area contributed by atoms with E-state index in [1.807, 2.05) is 137 Å². The molecule has 282 valence electrons. The number of methoxy groups -OCH3 is 2. The van der Waals surface area contributed by atoms with Gasteiger partial charge in [0.1, 0.15) is 29.2 Å². The Morgan fingerprint density at radius 2 is 1.25 bits per heavy atom. The molecule has 0 saturated heterocycles. The van der Waals surface area contributed by atoms with Gasteiger partial charge < -0.3 is 25.8 Å². The van der Waals surface area contributed by atoms with E-state index in [4.69, 9.17) is 15.2 Å². The van der Waals surface area contributed by atoms with Gasteiger partial charge in [-0.05, 0) is 78.4 Å². The van der Waals surface area contributed by atoms with Crippen LogP contribution in [0, 0.1) is 0 Å². The third-order valence-corrected chi connectivity index (χ3v) is 8.74. The van der Waals surface area contributed by atoms with E-state index in [-0.39, 0.29) is 0 Å². The van der Waals surface area contributed by atoms with Crippen molar-refractivity contribution in [3.05, 3.63) is 164 Å². The zero-order valence-corrected chi connectivity index (χ0v) is 31.0. The predicted molar refractivity (Wildman–Crippen MR) is 219 cm³/mol. The molecule has 0 radical (unpaired) electrons. The normalized spacial score (nSPS) is 10.8. The average Bonchev–Trinajstić information content (AvgIpc) is 4.04. The predicted octanol–water partition coefficient (Wildman–Crippen LogP) is 7.34. The maximum atomic E-state index is 6.04. The summed E-state index contributed by atoms with van der Waals surface area (Å²) in [5.41, 5.74) is 13.6. The van der Waals surface area contributed by atoms with Crippen molar-refractivity contribution in [3.63, 3.8) is 0 Å². The second kappa shape index (κ2) is 16.5. The Bertz CT molecular complexity index is 2690. The van der Waals surface area contributed by atoms with Crippen LogP contribution in [0.1, 0.15) is 11.4 Å². The van der Waals surface area contributed by atoms with Gasteiger partial charge in [-0.1, -0.05) is 36.4 Å². The highest BCUT2D eigenvalue weighted by Crippen LogP contribution is 2.24. The van der Waals surface area contributed by atoms with Gasteiger partial charge in [0, 0.05) is 24.0 Å². The van der Waals surface area contributed by atoms with Gasteiger partial charge in [0.25, 0.3) is 0 Å². The lowest BCUT2D eigenvalue weighted by molar-refractivity contribution is 0.414. The summed E-state index contributed by atoms with van der Waals surface area (Å²) < 4.78 is 15.9. The fourth-order valence-electron chi connectivity index (χ4n) is 5.82. The number of para-hydroxylation sites is 2. The van der Waals surface area contributed by atoms with Crippen LogP contribution in [-0.2, 0) is 6.42 Å². The number of fused-ring (bicyclic) bond motifs is 1. The minimum atomic E-state index is 0.473. The molecule has 0 aliphatic heterocycles. The molecular formula is C42H37N13O2. The molecule has 9 aromatic rings. The number of hydrogen-bond acceptors (Lipinski definition) is 12. The van der Waals surface area contributed by atoms with E-state index in [1.54, 1.807) is 43.8 Å². The monoisotopic (exact) mass is 755 g/mol.